The van der Waals surface area contributed by atoms with Crippen LogP contribution in [0.25, 0.3) is 16.6 Å². The summed E-state index contributed by atoms with van der Waals surface area (Å²) in [7, 11) is 0. The Labute approximate surface area is 195 Å². The van der Waals surface area contributed by atoms with Gasteiger partial charge in [-0.2, -0.15) is 0 Å². The number of amides is 2. The highest BCUT2D eigenvalue weighted by atomic mass is 32.2. The number of thioether (sulfide) groups is 1. The van der Waals surface area contributed by atoms with Gasteiger partial charge in [0.15, 0.2) is 5.16 Å². The third-order valence-corrected chi connectivity index (χ3v) is 6.10. The third kappa shape index (κ3) is 4.78. The number of aryl methyl sites for hydroxylation is 2. The summed E-state index contributed by atoms with van der Waals surface area (Å²) in [5.74, 6) is -0.254. The molecule has 170 valence electrons. The van der Waals surface area contributed by atoms with E-state index in [-0.39, 0.29) is 24.5 Å². The molecule has 0 fully saturated rings. The second-order valence-electron chi connectivity index (χ2n) is 7.67. The van der Waals surface area contributed by atoms with E-state index in [0.29, 0.717) is 33.0 Å². The average molecular weight is 465 g/mol. The van der Waals surface area contributed by atoms with Crippen molar-refractivity contribution in [3.63, 3.8) is 0 Å². The van der Waals surface area contributed by atoms with Gasteiger partial charge in [-0.05, 0) is 56.2 Å². The van der Waals surface area contributed by atoms with Crippen LogP contribution in [0.4, 0.5) is 4.79 Å². The minimum absolute atomic E-state index is 0.0790. The summed E-state index contributed by atoms with van der Waals surface area (Å²) in [6.07, 6.45) is 0. The maximum atomic E-state index is 13.5. The Kier molecular flexibility index (Phi) is 6.50. The van der Waals surface area contributed by atoms with Gasteiger partial charge in [0.2, 0.25) is 0 Å². The molecular formula is C24H24N4O4S. The second-order valence-corrected chi connectivity index (χ2v) is 8.61. The zero-order valence-corrected chi connectivity index (χ0v) is 19.4. The number of carbonyl (C=O) groups is 2. The van der Waals surface area contributed by atoms with Gasteiger partial charge in [0.1, 0.15) is 0 Å². The van der Waals surface area contributed by atoms with E-state index < -0.39 is 12.0 Å². The van der Waals surface area contributed by atoms with Gasteiger partial charge < -0.3 is 15.4 Å². The topological polar surface area (TPSA) is 102 Å². The normalized spacial score (nSPS) is 13.6. The lowest BCUT2D eigenvalue weighted by atomic mass is 10.1. The average Bonchev–Trinajstić information content (AvgIpc) is 2.77. The zero-order valence-electron chi connectivity index (χ0n) is 18.6. The quantitative estimate of drug-likeness (QED) is 0.330. The number of para-hydroxylation sites is 1. The minimum atomic E-state index is -0.487. The summed E-state index contributed by atoms with van der Waals surface area (Å²) in [4.78, 5) is 42.5. The summed E-state index contributed by atoms with van der Waals surface area (Å²) in [6.45, 7) is 5.99. The number of esters is 1. The van der Waals surface area contributed by atoms with Crippen molar-refractivity contribution < 1.29 is 14.3 Å². The fraction of sp³-hybridized carbons (Fsp3) is 0.250. The van der Waals surface area contributed by atoms with Gasteiger partial charge in [-0.3, -0.25) is 9.36 Å². The number of rotatable bonds is 6. The van der Waals surface area contributed by atoms with Gasteiger partial charge in [-0.15, -0.1) is 0 Å². The Balaban J connectivity index is 1.80. The highest BCUT2D eigenvalue weighted by molar-refractivity contribution is 7.99. The van der Waals surface area contributed by atoms with Gasteiger partial charge in [-0.1, -0.05) is 30.0 Å². The van der Waals surface area contributed by atoms with Gasteiger partial charge in [0.05, 0.1) is 35.3 Å². The summed E-state index contributed by atoms with van der Waals surface area (Å²) in [6, 6.07) is 12.7. The molecule has 1 aromatic heterocycles. The number of urea groups is 1. The Morgan fingerprint density at radius 3 is 2.61 bits per heavy atom. The molecule has 0 unspecified atom stereocenters. The van der Waals surface area contributed by atoms with Crippen LogP contribution in [-0.4, -0.2) is 40.5 Å². The molecule has 2 N–H and O–H groups in total. The van der Waals surface area contributed by atoms with Crippen LogP contribution in [0.1, 0.15) is 18.1 Å². The number of nitrogens with one attached hydrogen (secondary N) is 2. The van der Waals surface area contributed by atoms with Gasteiger partial charge in [0, 0.05) is 11.4 Å². The summed E-state index contributed by atoms with van der Waals surface area (Å²) >= 11 is 1.27. The van der Waals surface area contributed by atoms with Crippen LogP contribution < -0.4 is 16.2 Å². The molecule has 4 rings (SSSR count). The molecule has 9 heteroatoms. The van der Waals surface area contributed by atoms with E-state index in [1.54, 1.807) is 23.6 Å². The first kappa shape index (κ1) is 22.6. The molecule has 0 saturated heterocycles. The van der Waals surface area contributed by atoms with E-state index >= 15 is 0 Å². The van der Waals surface area contributed by atoms with Crippen molar-refractivity contribution in [1.29, 1.82) is 0 Å². The standard InChI is InChI=1S/C24H24N4O4S/c1-4-32-22(30)18-12-25-23(31)26-20(18)13-33-24-27-19-8-6-5-7-17(19)21(29)28(24)16-10-14(2)9-15(3)11-16/h5-11H,4,12-13H2,1-3H3,(H2,25,26,31). The summed E-state index contributed by atoms with van der Waals surface area (Å²) in [5, 5.41) is 6.27. The van der Waals surface area contributed by atoms with Crippen molar-refractivity contribution in [3.05, 3.63) is 75.2 Å². The number of hydrogen-bond acceptors (Lipinski definition) is 6. The van der Waals surface area contributed by atoms with Crippen LogP contribution in [0, 0.1) is 13.8 Å². The maximum Gasteiger partial charge on any atom is 0.337 e. The van der Waals surface area contributed by atoms with Crippen molar-refractivity contribution in [2.45, 2.75) is 25.9 Å². The van der Waals surface area contributed by atoms with E-state index in [2.05, 4.69) is 10.6 Å². The number of hydrogen-bond donors (Lipinski definition) is 2. The monoisotopic (exact) mass is 464 g/mol. The number of carbonyl (C=O) groups excluding carboxylic acids is 2. The summed E-state index contributed by atoms with van der Waals surface area (Å²) in [5.41, 5.74) is 3.97. The van der Waals surface area contributed by atoms with Crippen molar-refractivity contribution in [2.24, 2.45) is 0 Å². The molecule has 0 aliphatic carbocycles. The summed E-state index contributed by atoms with van der Waals surface area (Å²) < 4.78 is 6.71. The Morgan fingerprint density at radius 2 is 1.88 bits per heavy atom. The van der Waals surface area contributed by atoms with E-state index in [4.69, 9.17) is 9.72 Å². The lowest BCUT2D eigenvalue weighted by Gasteiger charge is -2.21. The third-order valence-electron chi connectivity index (χ3n) is 5.13. The number of nitrogens with zero attached hydrogens (tertiary/aromatic N) is 2. The molecule has 0 bridgehead atoms. The van der Waals surface area contributed by atoms with E-state index in [0.717, 1.165) is 11.1 Å². The maximum absolute atomic E-state index is 13.5. The van der Waals surface area contributed by atoms with Crippen molar-refractivity contribution in [1.82, 2.24) is 20.2 Å². The van der Waals surface area contributed by atoms with Crippen molar-refractivity contribution >= 4 is 34.7 Å². The van der Waals surface area contributed by atoms with Gasteiger partial charge in [0.25, 0.3) is 5.56 Å². The molecule has 0 spiro atoms. The van der Waals surface area contributed by atoms with E-state index in [1.165, 1.54) is 11.8 Å². The molecule has 0 radical (unpaired) electrons. The lowest BCUT2D eigenvalue weighted by Crippen LogP contribution is -2.44. The van der Waals surface area contributed by atoms with E-state index in [1.807, 2.05) is 44.2 Å². The number of benzene rings is 2. The molecule has 2 amide bonds. The second kappa shape index (κ2) is 9.50. The molecule has 2 heterocycles. The largest absolute Gasteiger partial charge is 0.463 e. The molecule has 2 aromatic carbocycles. The van der Waals surface area contributed by atoms with Crippen molar-refractivity contribution in [3.8, 4) is 5.69 Å². The Bertz CT molecular complexity index is 1330. The van der Waals surface area contributed by atoms with Crippen LogP contribution >= 0.6 is 11.8 Å². The van der Waals surface area contributed by atoms with Crippen LogP contribution in [0.2, 0.25) is 0 Å². The first-order chi connectivity index (χ1) is 15.9. The highest BCUT2D eigenvalue weighted by Crippen LogP contribution is 2.25. The van der Waals surface area contributed by atoms with E-state index in [9.17, 15) is 14.4 Å². The number of fused-ring (bicyclic) bond motifs is 1. The van der Waals surface area contributed by atoms with Crippen LogP contribution in [0.15, 0.2) is 63.7 Å². The molecule has 1 aliphatic rings. The number of aromatic nitrogens is 2. The molecule has 1 aliphatic heterocycles. The smallest absolute Gasteiger partial charge is 0.337 e. The Hall–Kier alpha value is -3.59. The molecule has 3 aromatic rings. The Morgan fingerprint density at radius 1 is 1.15 bits per heavy atom. The minimum Gasteiger partial charge on any atom is -0.463 e. The fourth-order valence-electron chi connectivity index (χ4n) is 3.72. The zero-order chi connectivity index (χ0) is 23.5. The van der Waals surface area contributed by atoms with Crippen LogP contribution in [0.5, 0.6) is 0 Å². The fourth-order valence-corrected chi connectivity index (χ4v) is 4.72. The first-order valence-corrected chi connectivity index (χ1v) is 11.5. The highest BCUT2D eigenvalue weighted by Gasteiger charge is 2.24. The first-order valence-electron chi connectivity index (χ1n) is 10.5. The molecule has 8 nitrogen and oxygen atoms in total. The van der Waals surface area contributed by atoms with Gasteiger partial charge in [-0.25, -0.2) is 14.6 Å². The van der Waals surface area contributed by atoms with Gasteiger partial charge >= 0.3 is 12.0 Å². The molecule has 33 heavy (non-hydrogen) atoms. The molecular weight excluding hydrogens is 440 g/mol. The molecule has 0 atom stereocenters. The predicted octanol–water partition coefficient (Wildman–Crippen LogP) is 3.22. The number of ether oxygens (including phenoxy) is 1. The molecule has 0 saturated carbocycles. The van der Waals surface area contributed by atoms with Crippen molar-refractivity contribution in [2.75, 3.05) is 18.9 Å². The SMILES string of the molecule is CCOC(=O)C1=C(CSc2nc3ccccc3c(=O)n2-c2cc(C)cc(C)c2)NC(=O)NC1. The predicted molar refractivity (Wildman–Crippen MR) is 128 cm³/mol. The lowest BCUT2D eigenvalue weighted by molar-refractivity contribution is -0.138. The van der Waals surface area contributed by atoms with Crippen LogP contribution in [0.3, 0.4) is 0 Å². The van der Waals surface area contributed by atoms with Crippen LogP contribution in [-0.2, 0) is 9.53 Å².